The number of unbranched alkanes of at least 4 members (excludes halogenated alkanes) is 2. The van der Waals surface area contributed by atoms with E-state index in [0.29, 0.717) is 0 Å². The fourth-order valence-corrected chi connectivity index (χ4v) is 2.23. The molecule has 1 aromatic rings. The van der Waals surface area contributed by atoms with Gasteiger partial charge < -0.3 is 15.4 Å². The van der Waals surface area contributed by atoms with Crippen LogP contribution in [0.25, 0.3) is 0 Å². The van der Waals surface area contributed by atoms with Crippen molar-refractivity contribution in [3.63, 3.8) is 0 Å². The molecule has 0 aliphatic carbocycles. The van der Waals surface area contributed by atoms with Crippen molar-refractivity contribution in [3.05, 3.63) is 35.9 Å². The molecule has 0 amide bonds. The Morgan fingerprint density at radius 1 is 1.00 bits per heavy atom. The summed E-state index contributed by atoms with van der Waals surface area (Å²) in [4.78, 5) is 4.22. The largest absolute Gasteiger partial charge is 0.382 e. The number of aliphatic imine (C=N–C) groups is 1. The van der Waals surface area contributed by atoms with Crippen LogP contribution in [0.3, 0.4) is 0 Å². The van der Waals surface area contributed by atoms with Gasteiger partial charge in [-0.05, 0) is 38.2 Å². The summed E-state index contributed by atoms with van der Waals surface area (Å²) < 4.78 is 5.31. The molecule has 4 heteroatoms. The van der Waals surface area contributed by atoms with Crippen LogP contribution >= 0.6 is 0 Å². The average Bonchev–Trinajstić information content (AvgIpc) is 2.56. The summed E-state index contributed by atoms with van der Waals surface area (Å²) in [6.45, 7) is 5.48. The fourth-order valence-electron chi connectivity index (χ4n) is 2.23. The van der Waals surface area contributed by atoms with Crippen molar-refractivity contribution in [2.45, 2.75) is 39.0 Å². The Morgan fingerprint density at radius 2 is 1.73 bits per heavy atom. The number of hydrogen-bond acceptors (Lipinski definition) is 2. The highest BCUT2D eigenvalue weighted by atomic mass is 16.5. The molecule has 0 bridgehead atoms. The summed E-state index contributed by atoms with van der Waals surface area (Å²) in [7, 11) is 1.81. The van der Waals surface area contributed by atoms with Gasteiger partial charge in [0, 0.05) is 33.4 Å². The molecule has 124 valence electrons. The van der Waals surface area contributed by atoms with E-state index < -0.39 is 0 Å². The molecular weight excluding hydrogens is 274 g/mol. The predicted octanol–water partition coefficient (Wildman–Crippen LogP) is 2.99. The standard InChI is InChI=1S/C18H31N3O/c1-3-22-16-10-15-21-18(19-2)20-14-9-5-8-13-17-11-6-4-7-12-17/h4,6-7,11-12H,3,5,8-10,13-16H2,1-2H3,(H2,19,20,21). The van der Waals surface area contributed by atoms with Crippen molar-refractivity contribution in [2.24, 2.45) is 4.99 Å². The van der Waals surface area contributed by atoms with Crippen LogP contribution in [-0.2, 0) is 11.2 Å². The highest BCUT2D eigenvalue weighted by Gasteiger charge is 1.97. The molecule has 4 nitrogen and oxygen atoms in total. The lowest BCUT2D eigenvalue weighted by Gasteiger charge is -2.11. The second-order valence-electron chi connectivity index (χ2n) is 5.27. The van der Waals surface area contributed by atoms with Gasteiger partial charge in [-0.3, -0.25) is 4.99 Å². The van der Waals surface area contributed by atoms with Gasteiger partial charge in [0.15, 0.2) is 5.96 Å². The number of aryl methyl sites for hydroxylation is 1. The Kier molecular flexibility index (Phi) is 11.0. The van der Waals surface area contributed by atoms with Crippen molar-refractivity contribution in [1.82, 2.24) is 10.6 Å². The van der Waals surface area contributed by atoms with Gasteiger partial charge in [0.05, 0.1) is 0 Å². The third-order valence-electron chi connectivity index (χ3n) is 3.46. The van der Waals surface area contributed by atoms with E-state index in [-0.39, 0.29) is 0 Å². The molecule has 0 aliphatic rings. The molecule has 0 spiro atoms. The van der Waals surface area contributed by atoms with Gasteiger partial charge in [0.25, 0.3) is 0 Å². The summed E-state index contributed by atoms with van der Waals surface area (Å²) in [6, 6.07) is 10.7. The third kappa shape index (κ3) is 9.40. The topological polar surface area (TPSA) is 45.6 Å². The highest BCUT2D eigenvalue weighted by Crippen LogP contribution is 2.05. The number of guanidine groups is 1. The first kappa shape index (κ1) is 18.5. The summed E-state index contributed by atoms with van der Waals surface area (Å²) in [5.41, 5.74) is 1.43. The minimum absolute atomic E-state index is 0.788. The number of benzene rings is 1. The smallest absolute Gasteiger partial charge is 0.190 e. The quantitative estimate of drug-likeness (QED) is 0.375. The zero-order valence-corrected chi connectivity index (χ0v) is 14.1. The maximum Gasteiger partial charge on any atom is 0.190 e. The molecule has 0 aromatic heterocycles. The van der Waals surface area contributed by atoms with Crippen LogP contribution in [0.4, 0.5) is 0 Å². The molecule has 0 heterocycles. The van der Waals surface area contributed by atoms with Crippen molar-refractivity contribution >= 4 is 5.96 Å². The van der Waals surface area contributed by atoms with Gasteiger partial charge in [-0.2, -0.15) is 0 Å². The molecule has 0 saturated carbocycles. The molecule has 0 saturated heterocycles. The Balaban J connectivity index is 1.97. The minimum atomic E-state index is 0.788. The Bertz CT molecular complexity index is 393. The van der Waals surface area contributed by atoms with Crippen LogP contribution in [0.2, 0.25) is 0 Å². The molecule has 0 atom stereocenters. The summed E-state index contributed by atoms with van der Waals surface area (Å²) in [5, 5.41) is 6.66. The maximum atomic E-state index is 5.31. The number of ether oxygens (including phenoxy) is 1. The van der Waals surface area contributed by atoms with Crippen LogP contribution < -0.4 is 10.6 Å². The Morgan fingerprint density at radius 3 is 2.41 bits per heavy atom. The summed E-state index contributed by atoms with van der Waals surface area (Å²) >= 11 is 0. The van der Waals surface area contributed by atoms with E-state index in [2.05, 4.69) is 46.0 Å². The van der Waals surface area contributed by atoms with Crippen molar-refractivity contribution in [2.75, 3.05) is 33.4 Å². The predicted molar refractivity (Wildman–Crippen MR) is 94.5 cm³/mol. The van der Waals surface area contributed by atoms with Crippen LogP contribution in [-0.4, -0.2) is 39.3 Å². The van der Waals surface area contributed by atoms with Crippen molar-refractivity contribution < 1.29 is 4.74 Å². The maximum absolute atomic E-state index is 5.31. The lowest BCUT2D eigenvalue weighted by molar-refractivity contribution is 0.145. The van der Waals surface area contributed by atoms with Gasteiger partial charge in [-0.1, -0.05) is 36.8 Å². The van der Waals surface area contributed by atoms with E-state index in [0.717, 1.165) is 38.7 Å². The zero-order chi connectivity index (χ0) is 15.9. The molecule has 2 N–H and O–H groups in total. The van der Waals surface area contributed by atoms with Crippen LogP contribution in [0.1, 0.15) is 38.2 Å². The summed E-state index contributed by atoms with van der Waals surface area (Å²) in [6.07, 6.45) is 5.83. The molecular formula is C18H31N3O. The van der Waals surface area contributed by atoms with Crippen LogP contribution in [0.15, 0.2) is 35.3 Å². The van der Waals surface area contributed by atoms with E-state index >= 15 is 0 Å². The second-order valence-corrected chi connectivity index (χ2v) is 5.27. The van der Waals surface area contributed by atoms with E-state index in [1.807, 2.05) is 14.0 Å². The van der Waals surface area contributed by atoms with Crippen LogP contribution in [0.5, 0.6) is 0 Å². The molecule has 22 heavy (non-hydrogen) atoms. The first-order valence-corrected chi connectivity index (χ1v) is 8.43. The summed E-state index contributed by atoms with van der Waals surface area (Å²) in [5.74, 6) is 0.888. The fraction of sp³-hybridized carbons (Fsp3) is 0.611. The van der Waals surface area contributed by atoms with Crippen molar-refractivity contribution in [3.8, 4) is 0 Å². The van der Waals surface area contributed by atoms with E-state index in [9.17, 15) is 0 Å². The minimum Gasteiger partial charge on any atom is -0.382 e. The first-order valence-electron chi connectivity index (χ1n) is 8.43. The zero-order valence-electron chi connectivity index (χ0n) is 14.1. The average molecular weight is 305 g/mol. The lowest BCUT2D eigenvalue weighted by atomic mass is 10.1. The van der Waals surface area contributed by atoms with Gasteiger partial charge in [-0.15, -0.1) is 0 Å². The van der Waals surface area contributed by atoms with Gasteiger partial charge in [0.1, 0.15) is 0 Å². The number of nitrogens with zero attached hydrogens (tertiary/aromatic N) is 1. The normalized spacial score (nSPS) is 11.5. The SMILES string of the molecule is CCOCCCNC(=NC)NCCCCCc1ccccc1. The lowest BCUT2D eigenvalue weighted by Crippen LogP contribution is -2.38. The van der Waals surface area contributed by atoms with E-state index in [1.165, 1.54) is 31.2 Å². The number of hydrogen-bond donors (Lipinski definition) is 2. The third-order valence-corrected chi connectivity index (χ3v) is 3.46. The number of rotatable bonds is 11. The van der Waals surface area contributed by atoms with E-state index in [4.69, 9.17) is 4.74 Å². The van der Waals surface area contributed by atoms with Gasteiger partial charge in [0.2, 0.25) is 0 Å². The molecule has 0 aliphatic heterocycles. The highest BCUT2D eigenvalue weighted by molar-refractivity contribution is 5.79. The molecule has 1 aromatic carbocycles. The van der Waals surface area contributed by atoms with Gasteiger partial charge >= 0.3 is 0 Å². The Labute approximate surface area is 135 Å². The number of nitrogens with one attached hydrogen (secondary N) is 2. The first-order chi connectivity index (χ1) is 10.9. The van der Waals surface area contributed by atoms with Crippen LogP contribution in [0, 0.1) is 0 Å². The monoisotopic (exact) mass is 305 g/mol. The van der Waals surface area contributed by atoms with Crippen molar-refractivity contribution in [1.29, 1.82) is 0 Å². The molecule has 1 rings (SSSR count). The Hall–Kier alpha value is -1.55. The molecule has 0 fully saturated rings. The molecule has 0 unspecified atom stereocenters. The van der Waals surface area contributed by atoms with E-state index in [1.54, 1.807) is 0 Å². The van der Waals surface area contributed by atoms with Gasteiger partial charge in [-0.25, -0.2) is 0 Å². The molecule has 0 radical (unpaired) electrons. The second kappa shape index (κ2) is 13.1.